The van der Waals surface area contributed by atoms with E-state index < -0.39 is 0 Å². The smallest absolute Gasteiger partial charge is 0.0438 e. The predicted molar refractivity (Wildman–Crippen MR) is 207 cm³/mol. The first-order valence-electron chi connectivity index (χ1n) is 17.3. The summed E-state index contributed by atoms with van der Waals surface area (Å²) in [7, 11) is 0. The van der Waals surface area contributed by atoms with Gasteiger partial charge in [-0.05, 0) is 97.8 Å². The van der Waals surface area contributed by atoms with Crippen molar-refractivity contribution in [1.82, 2.24) is 10.2 Å². The van der Waals surface area contributed by atoms with Crippen LogP contribution in [-0.2, 0) is 23.7 Å². The lowest BCUT2D eigenvalue weighted by atomic mass is 9.91. The van der Waals surface area contributed by atoms with Crippen molar-refractivity contribution in [1.29, 1.82) is 0 Å². The Bertz CT molecular complexity index is 1650. The average Bonchev–Trinajstić information content (AvgIpc) is 3.54. The van der Waals surface area contributed by atoms with Crippen LogP contribution < -0.4 is 5.32 Å². The van der Waals surface area contributed by atoms with Gasteiger partial charge in [0.05, 0.1) is 0 Å². The summed E-state index contributed by atoms with van der Waals surface area (Å²) < 4.78 is 0. The Morgan fingerprint density at radius 2 is 1.15 bits per heavy atom. The number of nitrogens with one attached hydrogen (secondary N) is 1. The highest BCUT2D eigenvalue weighted by Crippen LogP contribution is 2.63. The molecule has 4 aromatic rings. The minimum atomic E-state index is 0. The van der Waals surface area contributed by atoms with E-state index in [1.165, 1.54) is 48.4 Å². The van der Waals surface area contributed by atoms with E-state index in [-0.39, 0.29) is 1.43 Å². The van der Waals surface area contributed by atoms with Crippen LogP contribution in [0, 0.1) is 37.5 Å². The molecule has 0 aromatic heterocycles. The van der Waals surface area contributed by atoms with E-state index in [1.54, 1.807) is 11.1 Å². The highest BCUT2D eigenvalue weighted by Gasteiger charge is 2.65. The van der Waals surface area contributed by atoms with Crippen LogP contribution in [0.15, 0.2) is 97.1 Å². The van der Waals surface area contributed by atoms with Crippen molar-refractivity contribution >= 4 is 39.1 Å². The van der Waals surface area contributed by atoms with Crippen LogP contribution >= 0.6 is 39.1 Å². The Balaban J connectivity index is 0.000000154. The van der Waals surface area contributed by atoms with Gasteiger partial charge in [-0.2, -0.15) is 0 Å². The number of aryl methyl sites for hydroxylation is 3. The number of halogens is 3. The second-order valence-electron chi connectivity index (χ2n) is 14.5. The molecule has 2 saturated carbocycles. The SMILES string of the molecule is Cc1cccc(C2(C)C3CN(CCc4ccccc4Cl)CC32)c1.Cc1cccc(C2(C)C3CNCC32)c1.Clc1ccccc1CCBr.[HH]. The molecule has 5 heteroatoms. The van der Waals surface area contributed by atoms with E-state index in [1.807, 2.05) is 36.4 Å². The fourth-order valence-corrected chi connectivity index (χ4v) is 9.43. The van der Waals surface area contributed by atoms with Crippen molar-refractivity contribution in [3.8, 4) is 0 Å². The number of piperidine rings is 2. The van der Waals surface area contributed by atoms with Crippen LogP contribution in [0.5, 0.6) is 0 Å². The summed E-state index contributed by atoms with van der Waals surface area (Å²) in [5, 5.41) is 6.20. The van der Waals surface area contributed by atoms with E-state index >= 15 is 0 Å². The van der Waals surface area contributed by atoms with Gasteiger partial charge in [-0.1, -0.05) is 149 Å². The molecule has 0 bridgehead atoms. The van der Waals surface area contributed by atoms with Crippen molar-refractivity contribution in [3.63, 3.8) is 0 Å². The van der Waals surface area contributed by atoms with Gasteiger partial charge in [0.1, 0.15) is 0 Å². The number of rotatable bonds is 7. The maximum Gasteiger partial charge on any atom is 0.0438 e. The van der Waals surface area contributed by atoms with Crippen molar-refractivity contribution in [3.05, 3.63) is 140 Å². The molecule has 1 N–H and O–H groups in total. The summed E-state index contributed by atoms with van der Waals surface area (Å²) in [5.74, 6) is 3.44. The van der Waals surface area contributed by atoms with Crippen LogP contribution in [-0.4, -0.2) is 43.0 Å². The van der Waals surface area contributed by atoms with Crippen LogP contribution in [0.3, 0.4) is 0 Å². The molecular formula is C42H51BrCl2N2. The van der Waals surface area contributed by atoms with Gasteiger partial charge in [0.25, 0.3) is 0 Å². The maximum atomic E-state index is 6.27. The fraction of sp³-hybridized carbons (Fsp3) is 0.429. The van der Waals surface area contributed by atoms with Gasteiger partial charge in [-0.3, -0.25) is 0 Å². The summed E-state index contributed by atoms with van der Waals surface area (Å²) in [4.78, 5) is 2.62. The van der Waals surface area contributed by atoms with Gasteiger partial charge < -0.3 is 10.2 Å². The third kappa shape index (κ3) is 7.41. The maximum absolute atomic E-state index is 6.27. The molecular weight excluding hydrogens is 683 g/mol. The highest BCUT2D eigenvalue weighted by molar-refractivity contribution is 9.09. The zero-order valence-corrected chi connectivity index (χ0v) is 31.4. The lowest BCUT2D eigenvalue weighted by molar-refractivity contribution is 0.281. The molecule has 0 spiro atoms. The van der Waals surface area contributed by atoms with E-state index in [0.29, 0.717) is 10.8 Å². The molecule has 2 aliphatic heterocycles. The average molecular weight is 735 g/mol. The lowest BCUT2D eigenvalue weighted by Gasteiger charge is -2.24. The molecule has 2 aliphatic carbocycles. The van der Waals surface area contributed by atoms with Gasteiger partial charge in [-0.25, -0.2) is 0 Å². The number of fused-ring (bicyclic) bond motifs is 2. The zero-order valence-electron chi connectivity index (χ0n) is 28.3. The summed E-state index contributed by atoms with van der Waals surface area (Å²) in [5.41, 5.74) is 9.24. The van der Waals surface area contributed by atoms with E-state index in [9.17, 15) is 0 Å². The van der Waals surface area contributed by atoms with Crippen molar-refractivity contribution in [2.45, 2.75) is 51.4 Å². The molecule has 250 valence electrons. The number of benzene rings is 4. The van der Waals surface area contributed by atoms with Gasteiger partial charge in [0.2, 0.25) is 0 Å². The first kappa shape index (κ1) is 34.7. The molecule has 4 aliphatic rings. The summed E-state index contributed by atoms with van der Waals surface area (Å²) in [6.45, 7) is 15.3. The van der Waals surface area contributed by atoms with Gasteiger partial charge in [0.15, 0.2) is 0 Å². The van der Waals surface area contributed by atoms with Gasteiger partial charge >= 0.3 is 0 Å². The van der Waals surface area contributed by atoms with E-state index in [2.05, 4.69) is 115 Å². The minimum absolute atomic E-state index is 0. The van der Waals surface area contributed by atoms with Gasteiger partial charge in [-0.15, -0.1) is 0 Å². The second-order valence-corrected chi connectivity index (χ2v) is 16.1. The van der Waals surface area contributed by atoms with E-state index in [0.717, 1.165) is 58.4 Å². The lowest BCUT2D eigenvalue weighted by Crippen LogP contribution is -2.30. The molecule has 47 heavy (non-hydrogen) atoms. The summed E-state index contributed by atoms with van der Waals surface area (Å²) >= 11 is 15.5. The molecule has 4 unspecified atom stereocenters. The molecule has 2 saturated heterocycles. The number of nitrogens with zero attached hydrogens (tertiary/aromatic N) is 1. The molecule has 4 fully saturated rings. The number of hydrogen-bond donors (Lipinski definition) is 1. The van der Waals surface area contributed by atoms with Crippen molar-refractivity contribution in [2.75, 3.05) is 38.1 Å². The quantitative estimate of drug-likeness (QED) is 0.190. The molecule has 2 heterocycles. The van der Waals surface area contributed by atoms with Crippen molar-refractivity contribution < 1.29 is 1.43 Å². The Morgan fingerprint density at radius 1 is 0.681 bits per heavy atom. The van der Waals surface area contributed by atoms with Crippen LogP contribution in [0.2, 0.25) is 10.0 Å². The molecule has 2 nitrogen and oxygen atoms in total. The van der Waals surface area contributed by atoms with Crippen LogP contribution in [0.25, 0.3) is 0 Å². The van der Waals surface area contributed by atoms with Crippen LogP contribution in [0.1, 0.15) is 48.7 Å². The Morgan fingerprint density at radius 3 is 1.62 bits per heavy atom. The Labute approximate surface area is 302 Å². The molecule has 0 radical (unpaired) electrons. The third-order valence-corrected chi connectivity index (χ3v) is 12.9. The van der Waals surface area contributed by atoms with Crippen LogP contribution in [0.4, 0.5) is 0 Å². The Kier molecular flexibility index (Phi) is 10.9. The summed E-state index contributed by atoms with van der Waals surface area (Å²) in [6.07, 6.45) is 2.06. The van der Waals surface area contributed by atoms with Crippen molar-refractivity contribution in [2.24, 2.45) is 23.7 Å². The third-order valence-electron chi connectivity index (χ3n) is 11.7. The summed E-state index contributed by atoms with van der Waals surface area (Å²) in [6, 6.07) is 34.3. The monoisotopic (exact) mass is 732 g/mol. The molecule has 8 rings (SSSR count). The van der Waals surface area contributed by atoms with E-state index in [4.69, 9.17) is 23.2 Å². The molecule has 0 amide bonds. The molecule has 4 atom stereocenters. The normalized spacial score (nSPS) is 28.3. The topological polar surface area (TPSA) is 15.3 Å². The highest BCUT2D eigenvalue weighted by atomic mass is 79.9. The standard InChI is InChI=1S/C21H24ClN.C13H17N.C8H8BrCl.H2/c1-15-6-5-8-17(12-15)21(2)18-13-23(14-19(18)21)11-10-16-7-3-4-9-20(16)22;1-9-4-3-5-10(6-9)13(2)11-7-14-8-12(11)13;9-6-5-7-3-1-2-4-8(7)10;/h3-9,12,18-19H,10-11,13-14H2,1-2H3;3-6,11-12,14H,7-8H2,1-2H3;1-4H,5-6H2;1H. The first-order valence-corrected chi connectivity index (χ1v) is 19.1. The largest absolute Gasteiger partial charge is 0.316 e. The predicted octanol–water partition coefficient (Wildman–Crippen LogP) is 10.3. The number of hydrogen-bond acceptors (Lipinski definition) is 2. The molecule has 4 aromatic carbocycles. The van der Waals surface area contributed by atoms with Gasteiger partial charge in [0, 0.05) is 47.3 Å². The Hall–Kier alpha value is -2.14. The first-order chi connectivity index (χ1) is 22.7. The fourth-order valence-electron chi connectivity index (χ4n) is 8.55. The number of alkyl halides is 1. The second kappa shape index (κ2) is 14.8. The minimum Gasteiger partial charge on any atom is -0.316 e. The zero-order chi connectivity index (χ0) is 33.2. The number of likely N-dealkylation sites (tertiary alicyclic amines) is 1.